The zero-order valence-corrected chi connectivity index (χ0v) is 16.2. The lowest BCUT2D eigenvalue weighted by Gasteiger charge is -2.22. The van der Waals surface area contributed by atoms with Gasteiger partial charge in [0.05, 0.1) is 12.5 Å². The maximum Gasteiger partial charge on any atom is 0.326 e. The largest absolute Gasteiger partial charge is 0.481 e. The lowest BCUT2D eigenvalue weighted by molar-refractivity contribution is -0.147. The van der Waals surface area contributed by atoms with Crippen LogP contribution in [0.4, 0.5) is 0 Å². The van der Waals surface area contributed by atoms with E-state index in [2.05, 4.69) is 28.2 Å². The molecule has 10 nitrogen and oxygen atoms in total. The zero-order valence-electron chi connectivity index (χ0n) is 15.3. The van der Waals surface area contributed by atoms with Crippen molar-refractivity contribution in [3.8, 4) is 0 Å². The number of rotatable bonds is 10. The summed E-state index contributed by atoms with van der Waals surface area (Å²) in [4.78, 5) is 50.1. The summed E-state index contributed by atoms with van der Waals surface area (Å²) in [5.41, 5.74) is 7.19. The fourth-order valence-electron chi connectivity index (χ4n) is 2.74. The second kappa shape index (κ2) is 9.94. The summed E-state index contributed by atoms with van der Waals surface area (Å²) in [6.45, 7) is 0. The number of nitrogens with one attached hydrogen (secondary N) is 3. The van der Waals surface area contributed by atoms with Crippen LogP contribution in [0.25, 0.3) is 10.9 Å². The number of hydrogen-bond acceptors (Lipinski definition) is 6. The maximum absolute atomic E-state index is 12.7. The van der Waals surface area contributed by atoms with Crippen LogP contribution in [0.15, 0.2) is 30.5 Å². The number of fused-ring (bicyclic) bond motifs is 1. The standard InChI is InChI=1S/C18H22N4O6S/c19-11(8-29)16(25)21-13(17(26)22-14(18(27)28)6-15(23)24)5-9-7-20-12-4-2-1-3-10(9)12/h1-4,7,11,13-14,20,29H,5-6,8,19H2,(H,21,25)(H,22,26)(H,23,24)(H,27,28)/t11-,13-,14-/m0/s1. The number of benzene rings is 1. The van der Waals surface area contributed by atoms with Gasteiger partial charge < -0.3 is 31.6 Å². The lowest BCUT2D eigenvalue weighted by Crippen LogP contribution is -2.55. The molecule has 0 aliphatic carbocycles. The van der Waals surface area contributed by atoms with Crippen LogP contribution in [0, 0.1) is 0 Å². The highest BCUT2D eigenvalue weighted by Crippen LogP contribution is 2.19. The third-order valence-electron chi connectivity index (χ3n) is 4.26. The Morgan fingerprint density at radius 3 is 2.34 bits per heavy atom. The van der Waals surface area contributed by atoms with Crippen molar-refractivity contribution in [1.82, 2.24) is 15.6 Å². The number of carbonyl (C=O) groups is 4. The molecule has 0 saturated heterocycles. The molecule has 1 heterocycles. The Bertz CT molecular complexity index is 915. The molecule has 7 N–H and O–H groups in total. The van der Waals surface area contributed by atoms with E-state index in [1.54, 1.807) is 6.20 Å². The fourth-order valence-corrected chi connectivity index (χ4v) is 2.90. The molecule has 0 bridgehead atoms. The van der Waals surface area contributed by atoms with E-state index in [0.29, 0.717) is 5.56 Å². The number of hydrogen-bond donors (Lipinski definition) is 7. The van der Waals surface area contributed by atoms with Crippen LogP contribution in [-0.2, 0) is 25.6 Å². The van der Waals surface area contributed by atoms with Gasteiger partial charge in [-0.3, -0.25) is 14.4 Å². The fraction of sp³-hybridized carbons (Fsp3) is 0.333. The first-order chi connectivity index (χ1) is 13.7. The first-order valence-corrected chi connectivity index (χ1v) is 9.33. The summed E-state index contributed by atoms with van der Waals surface area (Å²) in [6.07, 6.45) is 0.923. The van der Waals surface area contributed by atoms with Crippen LogP contribution in [0.5, 0.6) is 0 Å². The van der Waals surface area contributed by atoms with Crippen molar-refractivity contribution in [1.29, 1.82) is 0 Å². The number of thiol groups is 1. The van der Waals surface area contributed by atoms with Crippen LogP contribution in [-0.4, -0.2) is 62.8 Å². The number of para-hydroxylation sites is 1. The van der Waals surface area contributed by atoms with Crippen molar-refractivity contribution < 1.29 is 29.4 Å². The maximum atomic E-state index is 12.7. The van der Waals surface area contributed by atoms with Gasteiger partial charge in [-0.05, 0) is 11.6 Å². The van der Waals surface area contributed by atoms with E-state index in [9.17, 15) is 19.2 Å². The molecule has 0 unspecified atom stereocenters. The van der Waals surface area contributed by atoms with E-state index in [-0.39, 0.29) is 12.2 Å². The molecule has 0 fully saturated rings. The first kappa shape index (κ1) is 22.2. The van der Waals surface area contributed by atoms with Gasteiger partial charge in [0.15, 0.2) is 0 Å². The van der Waals surface area contributed by atoms with Gasteiger partial charge in [0, 0.05) is 29.3 Å². The molecule has 1 aromatic heterocycles. The summed E-state index contributed by atoms with van der Waals surface area (Å²) in [7, 11) is 0. The number of aromatic nitrogens is 1. The van der Waals surface area contributed by atoms with Gasteiger partial charge in [0.25, 0.3) is 0 Å². The molecule has 156 valence electrons. The topological polar surface area (TPSA) is 175 Å². The van der Waals surface area contributed by atoms with Gasteiger partial charge in [-0.1, -0.05) is 18.2 Å². The highest BCUT2D eigenvalue weighted by atomic mass is 32.1. The molecule has 0 radical (unpaired) electrons. The SMILES string of the molecule is N[C@@H](CS)C(=O)N[C@@H](Cc1c[nH]c2ccccc12)C(=O)N[C@@H](CC(=O)O)C(=O)O. The third-order valence-corrected chi connectivity index (χ3v) is 4.65. The van der Waals surface area contributed by atoms with Crippen molar-refractivity contribution in [3.05, 3.63) is 36.0 Å². The number of carboxylic acids is 2. The van der Waals surface area contributed by atoms with Crippen molar-refractivity contribution >= 4 is 47.3 Å². The Balaban J connectivity index is 2.26. The highest BCUT2D eigenvalue weighted by molar-refractivity contribution is 7.80. The van der Waals surface area contributed by atoms with E-state index < -0.39 is 48.3 Å². The first-order valence-electron chi connectivity index (χ1n) is 8.69. The molecule has 11 heteroatoms. The average Bonchev–Trinajstić information content (AvgIpc) is 3.08. The van der Waals surface area contributed by atoms with Crippen LogP contribution in [0.1, 0.15) is 12.0 Å². The minimum atomic E-state index is -1.64. The third kappa shape index (κ3) is 5.96. The number of carbonyl (C=O) groups excluding carboxylic acids is 2. The molecule has 0 aliphatic rings. The molecular weight excluding hydrogens is 400 g/mol. The molecule has 3 atom stereocenters. The van der Waals surface area contributed by atoms with Gasteiger partial charge >= 0.3 is 11.9 Å². The van der Waals surface area contributed by atoms with Gasteiger partial charge in [0.1, 0.15) is 12.1 Å². The number of H-pyrrole nitrogens is 1. The van der Waals surface area contributed by atoms with Crippen LogP contribution in [0.2, 0.25) is 0 Å². The second-order valence-corrected chi connectivity index (χ2v) is 6.78. The number of nitrogens with two attached hydrogens (primary N) is 1. The monoisotopic (exact) mass is 422 g/mol. The Labute approximate surface area is 171 Å². The quantitative estimate of drug-likeness (QED) is 0.252. The summed E-state index contributed by atoms with van der Waals surface area (Å²) in [5, 5.41) is 23.5. The predicted molar refractivity (Wildman–Crippen MR) is 108 cm³/mol. The molecule has 2 amide bonds. The van der Waals surface area contributed by atoms with Crippen molar-refractivity contribution in [3.63, 3.8) is 0 Å². The number of amides is 2. The van der Waals surface area contributed by atoms with Crippen LogP contribution in [0.3, 0.4) is 0 Å². The summed E-state index contributed by atoms with van der Waals surface area (Å²) >= 11 is 3.95. The molecule has 2 aromatic rings. The Morgan fingerprint density at radius 2 is 1.72 bits per heavy atom. The van der Waals surface area contributed by atoms with Crippen LogP contribution < -0.4 is 16.4 Å². The minimum absolute atomic E-state index is 0.0420. The molecule has 29 heavy (non-hydrogen) atoms. The molecular formula is C18H22N4O6S. The van der Waals surface area contributed by atoms with Crippen molar-refractivity contribution in [2.45, 2.75) is 31.0 Å². The van der Waals surface area contributed by atoms with Gasteiger partial charge in [-0.25, -0.2) is 4.79 Å². The van der Waals surface area contributed by atoms with E-state index >= 15 is 0 Å². The van der Waals surface area contributed by atoms with Crippen LogP contribution >= 0.6 is 12.6 Å². The number of aliphatic carboxylic acids is 2. The smallest absolute Gasteiger partial charge is 0.326 e. The van der Waals surface area contributed by atoms with Gasteiger partial charge in [0.2, 0.25) is 11.8 Å². The normalized spacial score (nSPS) is 14.0. The van der Waals surface area contributed by atoms with E-state index in [0.717, 1.165) is 10.9 Å². The zero-order chi connectivity index (χ0) is 21.6. The minimum Gasteiger partial charge on any atom is -0.481 e. The summed E-state index contributed by atoms with van der Waals surface area (Å²) in [6, 6.07) is 3.56. The Morgan fingerprint density at radius 1 is 1.07 bits per heavy atom. The van der Waals surface area contributed by atoms with E-state index in [1.807, 2.05) is 24.3 Å². The van der Waals surface area contributed by atoms with E-state index in [4.69, 9.17) is 15.9 Å². The molecule has 0 saturated carbocycles. The Hall–Kier alpha value is -3.05. The predicted octanol–water partition coefficient (Wildman–Crippen LogP) is -0.504. The number of carboxylic acid groups (broad SMARTS) is 2. The molecule has 2 rings (SSSR count). The summed E-state index contributed by atoms with van der Waals surface area (Å²) in [5.74, 6) is -4.30. The molecule has 1 aromatic carbocycles. The highest BCUT2D eigenvalue weighted by Gasteiger charge is 2.29. The Kier molecular flexibility index (Phi) is 7.62. The van der Waals surface area contributed by atoms with E-state index in [1.165, 1.54) is 0 Å². The average molecular weight is 422 g/mol. The van der Waals surface area contributed by atoms with Crippen molar-refractivity contribution in [2.75, 3.05) is 5.75 Å². The molecule has 0 aliphatic heterocycles. The summed E-state index contributed by atoms with van der Waals surface area (Å²) < 4.78 is 0. The van der Waals surface area contributed by atoms with Gasteiger partial charge in [-0.15, -0.1) is 0 Å². The second-order valence-electron chi connectivity index (χ2n) is 6.41. The van der Waals surface area contributed by atoms with Crippen molar-refractivity contribution in [2.24, 2.45) is 5.73 Å². The molecule has 0 spiro atoms. The van der Waals surface area contributed by atoms with Gasteiger partial charge in [-0.2, -0.15) is 12.6 Å². The lowest BCUT2D eigenvalue weighted by atomic mass is 10.0. The number of aromatic amines is 1.